The van der Waals surface area contributed by atoms with Crippen molar-refractivity contribution in [2.24, 2.45) is 4.99 Å². The molecule has 1 aliphatic heterocycles. The molecule has 0 spiro atoms. The predicted molar refractivity (Wildman–Crippen MR) is 93.8 cm³/mol. The monoisotopic (exact) mass is 302 g/mol. The lowest BCUT2D eigenvalue weighted by Gasteiger charge is -2.30. The molecule has 122 valence electrons. The van der Waals surface area contributed by atoms with E-state index in [9.17, 15) is 4.79 Å². The number of hydrogen-bond acceptors (Lipinski definition) is 2. The van der Waals surface area contributed by atoms with E-state index in [1.54, 1.807) is 0 Å². The van der Waals surface area contributed by atoms with Crippen LogP contribution in [0.2, 0.25) is 0 Å². The van der Waals surface area contributed by atoms with Crippen LogP contribution in [0.15, 0.2) is 34.3 Å². The van der Waals surface area contributed by atoms with Crippen molar-refractivity contribution in [1.29, 1.82) is 0 Å². The molecule has 0 aliphatic carbocycles. The average Bonchev–Trinajstić information content (AvgIpc) is 2.51. The quantitative estimate of drug-likeness (QED) is 0.581. The SMILES string of the molecule is CCCCC(=O)N(C1=C=CC/C=C(CC)\C=N/1)C(CC)CC. The molecule has 0 bridgehead atoms. The van der Waals surface area contributed by atoms with Gasteiger partial charge in [0.15, 0.2) is 5.82 Å². The summed E-state index contributed by atoms with van der Waals surface area (Å²) in [4.78, 5) is 19.1. The van der Waals surface area contributed by atoms with E-state index in [-0.39, 0.29) is 11.9 Å². The summed E-state index contributed by atoms with van der Waals surface area (Å²) < 4.78 is 0. The van der Waals surface area contributed by atoms with Crippen molar-refractivity contribution in [3.63, 3.8) is 0 Å². The standard InChI is InChI=1S/C19H30N2O/c1-5-9-14-19(22)21(17(7-3)8-4)18-13-11-10-12-16(6-2)15-20-18/h11-12,15,17H,5-10,14H2,1-4H3/b16-12-,20-15-. The van der Waals surface area contributed by atoms with Crippen LogP contribution in [-0.2, 0) is 4.79 Å². The van der Waals surface area contributed by atoms with E-state index in [1.807, 2.05) is 17.2 Å². The molecule has 0 N–H and O–H groups in total. The Morgan fingerprint density at radius 2 is 2.05 bits per heavy atom. The number of aliphatic imine (C=N–C) groups is 1. The van der Waals surface area contributed by atoms with Gasteiger partial charge in [-0.3, -0.25) is 9.69 Å². The minimum Gasteiger partial charge on any atom is -0.287 e. The number of nitrogens with zero attached hydrogens (tertiary/aromatic N) is 2. The molecular formula is C19H30N2O. The van der Waals surface area contributed by atoms with Crippen LogP contribution in [0.1, 0.15) is 72.6 Å². The summed E-state index contributed by atoms with van der Waals surface area (Å²) in [5.41, 5.74) is 4.44. The van der Waals surface area contributed by atoms with Crippen molar-refractivity contribution in [3.8, 4) is 0 Å². The highest BCUT2D eigenvalue weighted by Gasteiger charge is 2.24. The smallest absolute Gasteiger partial charge is 0.228 e. The lowest BCUT2D eigenvalue weighted by Crippen LogP contribution is -2.38. The summed E-state index contributed by atoms with van der Waals surface area (Å²) >= 11 is 0. The first-order valence-corrected chi connectivity index (χ1v) is 8.68. The van der Waals surface area contributed by atoms with Gasteiger partial charge in [0, 0.05) is 18.7 Å². The van der Waals surface area contributed by atoms with Crippen LogP contribution in [0.4, 0.5) is 0 Å². The van der Waals surface area contributed by atoms with Crippen molar-refractivity contribution in [2.75, 3.05) is 0 Å². The third-order valence-electron chi connectivity index (χ3n) is 4.04. The fraction of sp³-hybridized carbons (Fsp3) is 0.632. The number of hydrogen-bond donors (Lipinski definition) is 0. The molecule has 3 heteroatoms. The zero-order valence-electron chi connectivity index (χ0n) is 14.6. The molecular weight excluding hydrogens is 272 g/mol. The van der Waals surface area contributed by atoms with Crippen molar-refractivity contribution in [3.05, 3.63) is 29.3 Å². The second kappa shape index (κ2) is 10.2. The van der Waals surface area contributed by atoms with Crippen LogP contribution >= 0.6 is 0 Å². The highest BCUT2D eigenvalue weighted by Crippen LogP contribution is 2.20. The Hall–Kier alpha value is -1.60. The van der Waals surface area contributed by atoms with Gasteiger partial charge in [0.2, 0.25) is 5.91 Å². The van der Waals surface area contributed by atoms with E-state index < -0.39 is 0 Å². The van der Waals surface area contributed by atoms with Crippen LogP contribution in [0.25, 0.3) is 0 Å². The normalized spacial score (nSPS) is 18.2. The molecule has 0 atom stereocenters. The minimum absolute atomic E-state index is 0.172. The van der Waals surface area contributed by atoms with Crippen LogP contribution in [0.5, 0.6) is 0 Å². The summed E-state index contributed by atoms with van der Waals surface area (Å²) in [7, 11) is 0. The first-order chi connectivity index (χ1) is 10.7. The number of allylic oxidation sites excluding steroid dienone is 3. The predicted octanol–water partition coefficient (Wildman–Crippen LogP) is 5.00. The largest absolute Gasteiger partial charge is 0.287 e. The molecule has 22 heavy (non-hydrogen) atoms. The van der Waals surface area contributed by atoms with Crippen molar-refractivity contribution < 1.29 is 4.79 Å². The molecule has 1 amide bonds. The molecule has 1 rings (SSSR count). The molecule has 0 saturated carbocycles. The van der Waals surface area contributed by atoms with E-state index in [2.05, 4.69) is 44.5 Å². The van der Waals surface area contributed by atoms with Gasteiger partial charge in [-0.15, -0.1) is 0 Å². The number of amides is 1. The number of rotatable bonds is 8. The molecule has 0 unspecified atom stereocenters. The van der Waals surface area contributed by atoms with E-state index in [4.69, 9.17) is 0 Å². The van der Waals surface area contributed by atoms with E-state index in [0.717, 1.165) is 38.5 Å². The Morgan fingerprint density at radius 1 is 1.32 bits per heavy atom. The molecule has 0 aromatic carbocycles. The minimum atomic E-state index is 0.172. The summed E-state index contributed by atoms with van der Waals surface area (Å²) in [5, 5.41) is 0. The van der Waals surface area contributed by atoms with Crippen LogP contribution in [-0.4, -0.2) is 23.1 Å². The highest BCUT2D eigenvalue weighted by atomic mass is 16.2. The van der Waals surface area contributed by atoms with E-state index in [0.29, 0.717) is 12.2 Å². The third kappa shape index (κ3) is 5.31. The first-order valence-electron chi connectivity index (χ1n) is 8.68. The Balaban J connectivity index is 3.09. The maximum absolute atomic E-state index is 12.7. The fourth-order valence-electron chi connectivity index (χ4n) is 2.56. The van der Waals surface area contributed by atoms with Gasteiger partial charge in [0.05, 0.1) is 0 Å². The lowest BCUT2D eigenvalue weighted by atomic mass is 10.1. The fourth-order valence-corrected chi connectivity index (χ4v) is 2.56. The number of carbonyl (C=O) groups is 1. The van der Waals surface area contributed by atoms with Gasteiger partial charge in [-0.1, -0.05) is 45.9 Å². The highest BCUT2D eigenvalue weighted by molar-refractivity contribution is 5.82. The van der Waals surface area contributed by atoms with Crippen LogP contribution in [0.3, 0.4) is 0 Å². The zero-order chi connectivity index (χ0) is 16.4. The average molecular weight is 302 g/mol. The summed E-state index contributed by atoms with van der Waals surface area (Å²) in [5.74, 6) is 0.847. The van der Waals surface area contributed by atoms with Crippen LogP contribution < -0.4 is 0 Å². The topological polar surface area (TPSA) is 32.7 Å². The van der Waals surface area contributed by atoms with Crippen molar-refractivity contribution in [2.45, 2.75) is 78.7 Å². The summed E-state index contributed by atoms with van der Waals surface area (Å²) in [6, 6.07) is 0.200. The summed E-state index contributed by atoms with van der Waals surface area (Å²) in [6.07, 6.45) is 12.2. The Labute approximate surface area is 135 Å². The van der Waals surface area contributed by atoms with Gasteiger partial charge in [0.1, 0.15) is 0 Å². The molecule has 1 heterocycles. The second-order valence-electron chi connectivity index (χ2n) is 5.64. The lowest BCUT2D eigenvalue weighted by molar-refractivity contribution is -0.131. The van der Waals surface area contributed by atoms with E-state index >= 15 is 0 Å². The Morgan fingerprint density at radius 3 is 2.64 bits per heavy atom. The molecule has 0 fully saturated rings. The molecule has 1 aliphatic rings. The number of carbonyl (C=O) groups excluding carboxylic acids is 1. The van der Waals surface area contributed by atoms with Crippen molar-refractivity contribution in [1.82, 2.24) is 4.90 Å². The second-order valence-corrected chi connectivity index (χ2v) is 5.64. The molecule has 0 aromatic rings. The number of unbranched alkanes of at least 4 members (excludes halogenated alkanes) is 1. The van der Waals surface area contributed by atoms with Crippen molar-refractivity contribution >= 4 is 12.1 Å². The van der Waals surface area contributed by atoms with Gasteiger partial charge >= 0.3 is 0 Å². The first kappa shape index (κ1) is 18.4. The van der Waals surface area contributed by atoms with Crippen LogP contribution in [0, 0.1) is 0 Å². The Bertz CT molecular complexity index is 478. The van der Waals surface area contributed by atoms with Gasteiger partial charge in [-0.2, -0.15) is 0 Å². The van der Waals surface area contributed by atoms with Gasteiger partial charge in [-0.05, 0) is 43.8 Å². The molecule has 0 radical (unpaired) electrons. The molecule has 3 nitrogen and oxygen atoms in total. The van der Waals surface area contributed by atoms with E-state index in [1.165, 1.54) is 5.57 Å². The maximum Gasteiger partial charge on any atom is 0.228 e. The molecule has 0 saturated heterocycles. The zero-order valence-corrected chi connectivity index (χ0v) is 14.6. The third-order valence-corrected chi connectivity index (χ3v) is 4.04. The van der Waals surface area contributed by atoms with Gasteiger partial charge in [-0.25, -0.2) is 4.99 Å². The molecule has 0 aromatic heterocycles. The maximum atomic E-state index is 12.7. The van der Waals surface area contributed by atoms with Gasteiger partial charge in [0.25, 0.3) is 0 Å². The van der Waals surface area contributed by atoms with Gasteiger partial charge < -0.3 is 0 Å². The summed E-state index contributed by atoms with van der Waals surface area (Å²) in [6.45, 7) is 8.49. The Kier molecular flexibility index (Phi) is 8.54.